The number of pyridine rings is 2. The molecule has 12 heteroatoms. The van der Waals surface area contributed by atoms with Crippen LogP contribution >= 0.6 is 0 Å². The van der Waals surface area contributed by atoms with E-state index in [4.69, 9.17) is 14.2 Å². The summed E-state index contributed by atoms with van der Waals surface area (Å²) >= 11 is 0. The number of hydrogen-bond acceptors (Lipinski definition) is 11. The molecule has 4 N–H and O–H groups in total. The third kappa shape index (κ3) is 11.7. The van der Waals surface area contributed by atoms with E-state index in [9.17, 15) is 15.3 Å². The summed E-state index contributed by atoms with van der Waals surface area (Å²) in [6.45, 7) is 7.07. The van der Waals surface area contributed by atoms with Gasteiger partial charge in [-0.2, -0.15) is 0 Å². The van der Waals surface area contributed by atoms with Crippen LogP contribution in [-0.2, 0) is 4.74 Å². The Labute approximate surface area is 368 Å². The second kappa shape index (κ2) is 21.4. The van der Waals surface area contributed by atoms with Gasteiger partial charge in [-0.05, 0) is 71.5 Å². The molecule has 0 bridgehead atoms. The van der Waals surface area contributed by atoms with Gasteiger partial charge in [0.05, 0.1) is 13.1 Å². The minimum absolute atomic E-state index is 0. The van der Waals surface area contributed by atoms with Crippen molar-refractivity contribution in [2.24, 2.45) is 0 Å². The number of hydrogen-bond donors (Lipinski definition) is 3. The molecule has 2 fully saturated rings. The fraction of sp³-hybridized carbons (Fsp3) is 0.277. The Kier molecular flexibility index (Phi) is 16.4. The number of methoxy groups -OCH3 is 1. The predicted octanol–water partition coefficient (Wildman–Crippen LogP) is 4.88. The Morgan fingerprint density at radius 3 is 1.42 bits per heavy atom. The standard InChI is InChI=1S/C24H26N2O3.C23H24N2O3.Na.H2O/c1-17-8-11-23(25-15-17)29-20-12-13-26(16-20)22-10-9-19(14-21(22)24(27)28-2)18-6-4-3-5-7-18;1-16-7-10-22(24-14-16)28-19-11-12-25(15-19)21-9-8-18(13-20(21)23(26)27)17-5-3-2-4-6-17;;/h3-11,14-15,20,24,27H,12-13,16H2,1-2H3;2-10,13-14,19,23,26-27H,11-12,15H2,1H3;;1H2/q;;+1;/p-1/t20-,24?;19-;;/m00../s1. The minimum Gasteiger partial charge on any atom is -0.870 e. The molecule has 6 aromatic rings. The van der Waals surface area contributed by atoms with Gasteiger partial charge >= 0.3 is 29.6 Å². The molecule has 0 aliphatic carbocycles. The maximum atomic E-state index is 10.5. The number of rotatable bonds is 11. The SMILES string of the molecule is COC(O)c1cc(-c2ccccc2)ccc1N1CC[C@H](Oc2ccc(C)cn2)C1.Cc1ccc(O[C@H]2CCN(c3ccc(-c4ccccc4)cc3C(O)O)C2)nc1.[Na+].[OH-]. The van der Waals surface area contributed by atoms with Gasteiger partial charge in [-0.1, -0.05) is 84.9 Å². The molecule has 1 unspecified atom stereocenters. The topological polar surface area (TPSA) is 151 Å². The fourth-order valence-electron chi connectivity index (χ4n) is 7.31. The molecule has 2 aliphatic rings. The van der Waals surface area contributed by atoms with E-state index in [0.717, 1.165) is 82.8 Å². The van der Waals surface area contributed by atoms with Crippen LogP contribution in [0, 0.1) is 13.8 Å². The first-order valence-electron chi connectivity index (χ1n) is 19.4. The molecule has 4 aromatic carbocycles. The van der Waals surface area contributed by atoms with Gasteiger partial charge in [0.2, 0.25) is 11.8 Å². The quantitative estimate of drug-likeness (QED) is 0.122. The van der Waals surface area contributed by atoms with Crippen LogP contribution in [0.1, 0.15) is 47.7 Å². The predicted molar refractivity (Wildman–Crippen MR) is 225 cm³/mol. The van der Waals surface area contributed by atoms with Crippen LogP contribution < -0.4 is 48.8 Å². The van der Waals surface area contributed by atoms with Gasteiger partial charge < -0.3 is 44.8 Å². The van der Waals surface area contributed by atoms with Crippen LogP contribution in [0.5, 0.6) is 11.8 Å². The van der Waals surface area contributed by atoms with Crippen molar-refractivity contribution < 1.29 is 64.6 Å². The molecular formula is C47H51N4NaO7. The Morgan fingerprint density at radius 1 is 0.576 bits per heavy atom. The summed E-state index contributed by atoms with van der Waals surface area (Å²) < 4.78 is 17.3. The second-order valence-corrected chi connectivity index (χ2v) is 14.5. The molecule has 4 heterocycles. The zero-order valence-corrected chi connectivity index (χ0v) is 36.1. The van der Waals surface area contributed by atoms with Crippen LogP contribution in [-0.4, -0.2) is 76.3 Å². The molecule has 11 nitrogen and oxygen atoms in total. The smallest absolute Gasteiger partial charge is 0.870 e. The van der Waals surface area contributed by atoms with Crippen LogP contribution in [0.25, 0.3) is 22.3 Å². The van der Waals surface area contributed by atoms with E-state index in [1.54, 1.807) is 6.20 Å². The fourth-order valence-corrected chi connectivity index (χ4v) is 7.31. The van der Waals surface area contributed by atoms with Crippen molar-refractivity contribution in [1.29, 1.82) is 0 Å². The molecule has 0 spiro atoms. The zero-order chi connectivity index (χ0) is 39.7. The van der Waals surface area contributed by atoms with Gasteiger partial charge in [0, 0.05) is 80.1 Å². The van der Waals surface area contributed by atoms with E-state index in [2.05, 4.69) is 44.0 Å². The second-order valence-electron chi connectivity index (χ2n) is 14.5. The molecule has 0 saturated carbocycles. The molecular weight excluding hydrogens is 756 g/mol. The van der Waals surface area contributed by atoms with Gasteiger partial charge in [-0.25, -0.2) is 9.97 Å². The first-order chi connectivity index (χ1) is 27.7. The summed E-state index contributed by atoms with van der Waals surface area (Å²) in [5.41, 5.74) is 9.46. The summed E-state index contributed by atoms with van der Waals surface area (Å²) in [6.07, 6.45) is 2.95. The van der Waals surface area contributed by atoms with Crippen LogP contribution in [0.3, 0.4) is 0 Å². The summed E-state index contributed by atoms with van der Waals surface area (Å²) in [7, 11) is 1.52. The van der Waals surface area contributed by atoms with Gasteiger partial charge in [-0.15, -0.1) is 0 Å². The van der Waals surface area contributed by atoms with Gasteiger partial charge in [0.15, 0.2) is 12.6 Å². The van der Waals surface area contributed by atoms with Crippen molar-refractivity contribution in [3.8, 4) is 34.0 Å². The maximum absolute atomic E-state index is 10.5. The van der Waals surface area contributed by atoms with E-state index in [1.807, 2.05) is 117 Å². The monoisotopic (exact) mass is 806 g/mol. The van der Waals surface area contributed by atoms with Crippen molar-refractivity contribution in [2.45, 2.75) is 51.5 Å². The molecule has 3 atom stereocenters. The molecule has 2 saturated heterocycles. The van der Waals surface area contributed by atoms with Crippen molar-refractivity contribution in [3.05, 3.63) is 156 Å². The van der Waals surface area contributed by atoms with Gasteiger partial charge in [0.1, 0.15) is 12.2 Å². The third-order valence-corrected chi connectivity index (χ3v) is 10.4. The van der Waals surface area contributed by atoms with Crippen LogP contribution in [0.2, 0.25) is 0 Å². The molecule has 2 aliphatic heterocycles. The first-order valence-corrected chi connectivity index (χ1v) is 19.4. The number of benzene rings is 4. The number of aliphatic hydroxyl groups excluding tert-OH is 2. The molecule has 302 valence electrons. The molecule has 59 heavy (non-hydrogen) atoms. The Hall–Kier alpha value is -4.82. The van der Waals surface area contributed by atoms with E-state index < -0.39 is 12.6 Å². The van der Waals surface area contributed by atoms with Crippen molar-refractivity contribution in [1.82, 2.24) is 9.97 Å². The number of anilines is 2. The van der Waals surface area contributed by atoms with Crippen molar-refractivity contribution in [2.75, 3.05) is 43.1 Å². The molecule has 0 radical (unpaired) electrons. The van der Waals surface area contributed by atoms with Gasteiger partial charge in [0.25, 0.3) is 0 Å². The summed E-state index contributed by atoms with van der Waals surface area (Å²) in [5, 5.41) is 30.4. The Bertz CT molecular complexity index is 2200. The summed E-state index contributed by atoms with van der Waals surface area (Å²) in [4.78, 5) is 13.0. The van der Waals surface area contributed by atoms with Crippen molar-refractivity contribution >= 4 is 11.4 Å². The van der Waals surface area contributed by atoms with E-state index in [1.165, 1.54) is 7.11 Å². The normalized spacial score (nSPS) is 16.4. The van der Waals surface area contributed by atoms with Crippen molar-refractivity contribution in [3.63, 3.8) is 0 Å². The largest absolute Gasteiger partial charge is 1.00 e. The molecule has 8 rings (SSSR count). The zero-order valence-electron chi connectivity index (χ0n) is 34.1. The van der Waals surface area contributed by atoms with Crippen LogP contribution in [0.4, 0.5) is 11.4 Å². The van der Waals surface area contributed by atoms with Crippen LogP contribution in [0.15, 0.2) is 134 Å². The molecule has 0 amide bonds. The minimum atomic E-state index is -1.53. The van der Waals surface area contributed by atoms with E-state index >= 15 is 0 Å². The Balaban J connectivity index is 0.000000217. The number of aliphatic hydroxyl groups is 3. The average molecular weight is 807 g/mol. The average Bonchev–Trinajstić information content (AvgIpc) is 3.92. The summed E-state index contributed by atoms with van der Waals surface area (Å²) in [5.74, 6) is 1.28. The van der Waals surface area contributed by atoms with E-state index in [-0.39, 0.29) is 47.2 Å². The molecule has 2 aromatic heterocycles. The maximum Gasteiger partial charge on any atom is 1.00 e. The number of ether oxygens (including phenoxy) is 3. The number of aromatic nitrogens is 2. The number of aryl methyl sites for hydroxylation is 2. The third-order valence-electron chi connectivity index (χ3n) is 10.4. The summed E-state index contributed by atoms with van der Waals surface area (Å²) in [6, 6.07) is 39.8. The number of nitrogens with zero attached hydrogens (tertiary/aromatic N) is 4. The Morgan fingerprint density at radius 2 is 1.02 bits per heavy atom. The van der Waals surface area contributed by atoms with E-state index in [0.29, 0.717) is 23.9 Å². The first kappa shape index (κ1) is 45.3. The van der Waals surface area contributed by atoms with Gasteiger partial charge in [-0.3, -0.25) is 0 Å².